The van der Waals surface area contributed by atoms with Gasteiger partial charge in [-0.1, -0.05) is 6.42 Å². The van der Waals surface area contributed by atoms with Crippen molar-refractivity contribution in [3.63, 3.8) is 0 Å². The fourth-order valence-electron chi connectivity index (χ4n) is 4.28. The molecule has 2 aliphatic rings. The molecular formula is C26H33N3O5. The van der Waals surface area contributed by atoms with Crippen molar-refractivity contribution in [2.24, 2.45) is 0 Å². The van der Waals surface area contributed by atoms with Crippen LogP contribution in [-0.4, -0.2) is 62.2 Å². The van der Waals surface area contributed by atoms with Gasteiger partial charge in [-0.15, -0.1) is 0 Å². The topological polar surface area (TPSA) is 80.3 Å². The average Bonchev–Trinajstić information content (AvgIpc) is 2.85. The lowest BCUT2D eigenvalue weighted by atomic mass is 10.1. The second kappa shape index (κ2) is 11.2. The van der Waals surface area contributed by atoms with Gasteiger partial charge in [0.1, 0.15) is 17.2 Å². The number of anilines is 2. The van der Waals surface area contributed by atoms with Crippen LogP contribution in [-0.2, 0) is 9.59 Å². The first kappa shape index (κ1) is 23.9. The lowest BCUT2D eigenvalue weighted by Gasteiger charge is -2.35. The molecule has 0 bridgehead atoms. The van der Waals surface area contributed by atoms with Crippen LogP contribution in [0.25, 0.3) is 0 Å². The fraction of sp³-hybridized carbons (Fsp3) is 0.462. The van der Waals surface area contributed by atoms with E-state index in [2.05, 4.69) is 10.2 Å². The number of nitrogens with zero attached hydrogens (tertiary/aromatic N) is 2. The van der Waals surface area contributed by atoms with Gasteiger partial charge >= 0.3 is 0 Å². The third-order valence-electron chi connectivity index (χ3n) is 6.04. The number of carbonyl (C=O) groups excluding carboxylic acids is 2. The van der Waals surface area contributed by atoms with E-state index in [9.17, 15) is 9.59 Å². The summed E-state index contributed by atoms with van der Waals surface area (Å²) in [7, 11) is 0. The van der Waals surface area contributed by atoms with Crippen LogP contribution in [0.2, 0.25) is 0 Å². The minimum Gasteiger partial charge on any atom is -0.494 e. The van der Waals surface area contributed by atoms with Crippen LogP contribution < -0.4 is 24.4 Å². The van der Waals surface area contributed by atoms with Crippen LogP contribution in [0, 0.1) is 0 Å². The van der Waals surface area contributed by atoms with Gasteiger partial charge in [-0.05, 0) is 82.2 Å². The molecule has 0 radical (unpaired) electrons. The Hall–Kier alpha value is -3.26. The Bertz CT molecular complexity index is 988. The largest absolute Gasteiger partial charge is 0.494 e. The molecule has 2 amide bonds. The SMILES string of the molecule is CCOc1ccc(OCC(=O)Nc2ccc3c(c2)N(CCN2CCCCC2)C(=O)C(C)O3)cc1. The van der Waals surface area contributed by atoms with Gasteiger partial charge in [-0.3, -0.25) is 9.59 Å². The van der Waals surface area contributed by atoms with E-state index in [4.69, 9.17) is 14.2 Å². The third-order valence-corrected chi connectivity index (χ3v) is 6.04. The van der Waals surface area contributed by atoms with Crippen molar-refractivity contribution in [2.75, 3.05) is 49.6 Å². The second-order valence-corrected chi connectivity index (χ2v) is 8.58. The van der Waals surface area contributed by atoms with Crippen LogP contribution in [0.4, 0.5) is 11.4 Å². The zero-order valence-electron chi connectivity index (χ0n) is 19.9. The van der Waals surface area contributed by atoms with E-state index in [1.807, 2.05) is 6.92 Å². The molecule has 1 fully saturated rings. The Labute approximate surface area is 200 Å². The summed E-state index contributed by atoms with van der Waals surface area (Å²) in [5.74, 6) is 1.64. The minimum atomic E-state index is -0.531. The molecule has 0 spiro atoms. The zero-order chi connectivity index (χ0) is 23.9. The van der Waals surface area contributed by atoms with E-state index < -0.39 is 6.10 Å². The van der Waals surface area contributed by atoms with Gasteiger partial charge in [0.2, 0.25) is 0 Å². The molecule has 8 heteroatoms. The van der Waals surface area contributed by atoms with Crippen molar-refractivity contribution in [1.29, 1.82) is 0 Å². The number of hydrogen-bond donors (Lipinski definition) is 1. The van der Waals surface area contributed by atoms with Gasteiger partial charge in [0, 0.05) is 18.8 Å². The predicted octanol–water partition coefficient (Wildman–Crippen LogP) is 3.70. The summed E-state index contributed by atoms with van der Waals surface area (Å²) >= 11 is 0. The molecule has 0 saturated carbocycles. The molecule has 2 heterocycles. The molecule has 1 atom stereocenters. The quantitative estimate of drug-likeness (QED) is 0.606. The van der Waals surface area contributed by atoms with Gasteiger partial charge in [0.25, 0.3) is 11.8 Å². The first-order chi connectivity index (χ1) is 16.5. The number of rotatable bonds is 9. The van der Waals surface area contributed by atoms with Crippen LogP contribution in [0.15, 0.2) is 42.5 Å². The molecule has 34 heavy (non-hydrogen) atoms. The molecule has 2 aromatic carbocycles. The molecular weight excluding hydrogens is 434 g/mol. The normalized spacial score (nSPS) is 18.1. The Morgan fingerprint density at radius 1 is 1.03 bits per heavy atom. The van der Waals surface area contributed by atoms with Crippen molar-refractivity contribution >= 4 is 23.2 Å². The summed E-state index contributed by atoms with van der Waals surface area (Å²) < 4.78 is 16.8. The number of nitrogens with one attached hydrogen (secondary N) is 1. The van der Waals surface area contributed by atoms with Crippen LogP contribution in [0.3, 0.4) is 0 Å². The second-order valence-electron chi connectivity index (χ2n) is 8.58. The van der Waals surface area contributed by atoms with Gasteiger partial charge in [-0.25, -0.2) is 0 Å². The minimum absolute atomic E-state index is 0.0631. The lowest BCUT2D eigenvalue weighted by Crippen LogP contribution is -2.48. The molecule has 4 rings (SSSR count). The number of likely N-dealkylation sites (tertiary alicyclic amines) is 1. The van der Waals surface area contributed by atoms with E-state index in [1.54, 1.807) is 54.3 Å². The molecule has 1 unspecified atom stereocenters. The molecule has 182 valence electrons. The van der Waals surface area contributed by atoms with Gasteiger partial charge in [-0.2, -0.15) is 0 Å². The van der Waals surface area contributed by atoms with Crippen LogP contribution in [0.1, 0.15) is 33.1 Å². The number of amides is 2. The number of hydrogen-bond acceptors (Lipinski definition) is 6. The summed E-state index contributed by atoms with van der Waals surface area (Å²) in [5, 5.41) is 2.85. The average molecular weight is 468 g/mol. The first-order valence-electron chi connectivity index (χ1n) is 12.0. The molecule has 0 aromatic heterocycles. The molecule has 1 N–H and O–H groups in total. The number of benzene rings is 2. The standard InChI is InChI=1S/C26H33N3O5/c1-3-32-21-8-10-22(11-9-21)33-18-25(30)27-20-7-12-24-23(17-20)29(26(31)19(2)34-24)16-15-28-13-5-4-6-14-28/h7-12,17,19H,3-6,13-16,18H2,1-2H3,(H,27,30). The highest BCUT2D eigenvalue weighted by Crippen LogP contribution is 2.36. The van der Waals surface area contributed by atoms with Crippen molar-refractivity contribution in [2.45, 2.75) is 39.2 Å². The first-order valence-corrected chi connectivity index (χ1v) is 12.0. The van der Waals surface area contributed by atoms with E-state index >= 15 is 0 Å². The van der Waals surface area contributed by atoms with Crippen molar-refractivity contribution in [3.8, 4) is 17.2 Å². The van der Waals surface area contributed by atoms with Gasteiger partial charge in [0.05, 0.1) is 12.3 Å². The third kappa shape index (κ3) is 5.99. The van der Waals surface area contributed by atoms with Crippen LogP contribution in [0.5, 0.6) is 17.2 Å². The number of carbonyl (C=O) groups is 2. The Kier molecular flexibility index (Phi) is 7.90. The highest BCUT2D eigenvalue weighted by Gasteiger charge is 2.32. The molecule has 2 aromatic rings. The maximum atomic E-state index is 12.9. The summed E-state index contributed by atoms with van der Waals surface area (Å²) in [6, 6.07) is 12.5. The monoisotopic (exact) mass is 467 g/mol. The van der Waals surface area contributed by atoms with Crippen molar-refractivity contribution < 1.29 is 23.8 Å². The summed E-state index contributed by atoms with van der Waals surface area (Å²) in [6.07, 6.45) is 3.16. The molecule has 8 nitrogen and oxygen atoms in total. The molecule has 2 aliphatic heterocycles. The predicted molar refractivity (Wildman–Crippen MR) is 131 cm³/mol. The van der Waals surface area contributed by atoms with E-state index in [0.29, 0.717) is 36.0 Å². The molecule has 0 aliphatic carbocycles. The molecule has 1 saturated heterocycles. The zero-order valence-corrected chi connectivity index (χ0v) is 19.9. The lowest BCUT2D eigenvalue weighted by molar-refractivity contribution is -0.125. The maximum Gasteiger partial charge on any atom is 0.267 e. The summed E-state index contributed by atoms with van der Waals surface area (Å²) in [4.78, 5) is 29.5. The van der Waals surface area contributed by atoms with E-state index in [1.165, 1.54) is 19.3 Å². The highest BCUT2D eigenvalue weighted by molar-refractivity contribution is 6.01. The number of ether oxygens (including phenoxy) is 3. The Morgan fingerprint density at radius 3 is 2.44 bits per heavy atom. The smallest absolute Gasteiger partial charge is 0.267 e. The number of piperidine rings is 1. The van der Waals surface area contributed by atoms with Gasteiger partial charge < -0.3 is 29.3 Å². The van der Waals surface area contributed by atoms with Crippen LogP contribution >= 0.6 is 0 Å². The van der Waals surface area contributed by atoms with Gasteiger partial charge in [0.15, 0.2) is 12.7 Å². The maximum absolute atomic E-state index is 12.9. The Morgan fingerprint density at radius 2 is 1.74 bits per heavy atom. The highest BCUT2D eigenvalue weighted by atomic mass is 16.5. The number of fused-ring (bicyclic) bond motifs is 1. The Balaban J connectivity index is 1.38. The fourth-order valence-corrected chi connectivity index (χ4v) is 4.28. The van der Waals surface area contributed by atoms with E-state index in [0.717, 1.165) is 25.4 Å². The van der Waals surface area contributed by atoms with Crippen molar-refractivity contribution in [3.05, 3.63) is 42.5 Å². The summed E-state index contributed by atoms with van der Waals surface area (Å²) in [6.45, 7) is 7.73. The van der Waals surface area contributed by atoms with Crippen molar-refractivity contribution in [1.82, 2.24) is 4.90 Å². The van der Waals surface area contributed by atoms with E-state index in [-0.39, 0.29) is 18.4 Å². The summed E-state index contributed by atoms with van der Waals surface area (Å²) in [5.41, 5.74) is 1.28.